The monoisotopic (exact) mass is 353 g/mol. The number of rotatable bonds is 3. The van der Waals surface area contributed by atoms with Crippen molar-refractivity contribution in [3.05, 3.63) is 16.0 Å². The van der Waals surface area contributed by atoms with Gasteiger partial charge in [0.2, 0.25) is 5.91 Å². The lowest BCUT2D eigenvalue weighted by Gasteiger charge is -2.20. The second-order valence-electron chi connectivity index (χ2n) is 6.25. The summed E-state index contributed by atoms with van der Waals surface area (Å²) in [5, 5.41) is 1.07. The Bertz CT molecular complexity index is 651. The van der Waals surface area contributed by atoms with Crippen molar-refractivity contribution in [2.24, 2.45) is 7.05 Å². The fraction of sp³-hybridized carbons (Fsp3) is 0.688. The van der Waals surface area contributed by atoms with Crippen LogP contribution in [-0.4, -0.2) is 44.5 Å². The summed E-state index contributed by atoms with van der Waals surface area (Å²) in [6, 6.07) is 0. The van der Waals surface area contributed by atoms with Gasteiger partial charge in [-0.05, 0) is 12.8 Å². The van der Waals surface area contributed by atoms with Crippen LogP contribution < -0.4 is 5.56 Å². The van der Waals surface area contributed by atoms with Gasteiger partial charge in [0.1, 0.15) is 0 Å². The molecule has 1 fully saturated rings. The number of carbonyl (C=O) groups excluding carboxylic acids is 1. The van der Waals surface area contributed by atoms with Crippen LogP contribution in [0.5, 0.6) is 0 Å². The summed E-state index contributed by atoms with van der Waals surface area (Å²) in [6.07, 6.45) is 5.47. The SMILES string of the molecule is C[C@H]1Cc2nc(SCC(=O)N3CCCCCC3)n(C)c(=O)c2S1. The molecule has 0 bridgehead atoms. The van der Waals surface area contributed by atoms with Crippen LogP contribution in [0.2, 0.25) is 0 Å². The minimum absolute atomic E-state index is 0.0223. The van der Waals surface area contributed by atoms with E-state index >= 15 is 0 Å². The van der Waals surface area contributed by atoms with Gasteiger partial charge in [-0.15, -0.1) is 11.8 Å². The summed E-state index contributed by atoms with van der Waals surface area (Å²) in [5.41, 5.74) is 0.921. The lowest BCUT2D eigenvalue weighted by atomic mass is 10.2. The molecule has 7 heteroatoms. The van der Waals surface area contributed by atoms with Crippen LogP contribution in [0, 0.1) is 0 Å². The molecule has 2 aliphatic heterocycles. The van der Waals surface area contributed by atoms with E-state index in [9.17, 15) is 9.59 Å². The Morgan fingerprint density at radius 3 is 2.70 bits per heavy atom. The Morgan fingerprint density at radius 1 is 1.30 bits per heavy atom. The molecule has 0 radical (unpaired) electrons. The van der Waals surface area contributed by atoms with Gasteiger partial charge in [-0.1, -0.05) is 31.5 Å². The predicted octanol–water partition coefficient (Wildman–Crippen LogP) is 2.31. The van der Waals surface area contributed by atoms with Gasteiger partial charge in [0.25, 0.3) is 5.56 Å². The first-order valence-electron chi connectivity index (χ1n) is 8.23. The van der Waals surface area contributed by atoms with Crippen molar-refractivity contribution in [3.63, 3.8) is 0 Å². The first-order chi connectivity index (χ1) is 11.1. The summed E-state index contributed by atoms with van der Waals surface area (Å²) < 4.78 is 1.59. The maximum absolute atomic E-state index is 12.4. The molecule has 23 heavy (non-hydrogen) atoms. The van der Waals surface area contributed by atoms with Crippen LogP contribution in [0.4, 0.5) is 0 Å². The zero-order chi connectivity index (χ0) is 16.4. The van der Waals surface area contributed by atoms with E-state index in [-0.39, 0.29) is 11.5 Å². The molecule has 3 heterocycles. The molecule has 0 N–H and O–H groups in total. The van der Waals surface area contributed by atoms with E-state index in [4.69, 9.17) is 0 Å². The molecule has 0 spiro atoms. The van der Waals surface area contributed by atoms with Crippen LogP contribution in [0.3, 0.4) is 0 Å². The van der Waals surface area contributed by atoms with E-state index in [0.29, 0.717) is 16.2 Å². The summed E-state index contributed by atoms with van der Waals surface area (Å²) in [5.74, 6) is 0.524. The number of nitrogens with zero attached hydrogens (tertiary/aromatic N) is 3. The van der Waals surface area contributed by atoms with E-state index in [1.807, 2.05) is 4.90 Å². The fourth-order valence-corrected chi connectivity index (χ4v) is 5.08. The van der Waals surface area contributed by atoms with Crippen molar-refractivity contribution in [1.82, 2.24) is 14.5 Å². The van der Waals surface area contributed by atoms with Gasteiger partial charge in [0.05, 0.1) is 16.3 Å². The van der Waals surface area contributed by atoms with Gasteiger partial charge in [0, 0.05) is 31.8 Å². The van der Waals surface area contributed by atoms with E-state index in [0.717, 1.165) is 42.9 Å². The molecule has 1 aromatic rings. The number of amides is 1. The molecule has 3 rings (SSSR count). The number of hydrogen-bond acceptors (Lipinski definition) is 5. The Labute approximate surface area is 145 Å². The molecule has 0 aromatic carbocycles. The van der Waals surface area contributed by atoms with E-state index in [1.165, 1.54) is 24.6 Å². The fourth-order valence-electron chi connectivity index (χ4n) is 3.04. The molecule has 1 amide bonds. The number of aromatic nitrogens is 2. The molecule has 126 valence electrons. The van der Waals surface area contributed by atoms with Crippen LogP contribution in [0.25, 0.3) is 0 Å². The largest absolute Gasteiger partial charge is 0.342 e. The Hall–Kier alpha value is -0.950. The first kappa shape index (κ1) is 16.9. The van der Waals surface area contributed by atoms with Crippen molar-refractivity contribution in [3.8, 4) is 0 Å². The third kappa shape index (κ3) is 3.76. The zero-order valence-electron chi connectivity index (χ0n) is 13.7. The normalized spacial score (nSPS) is 21.1. The van der Waals surface area contributed by atoms with Crippen molar-refractivity contribution in [2.75, 3.05) is 18.8 Å². The molecular formula is C16H23N3O2S2. The van der Waals surface area contributed by atoms with E-state index < -0.39 is 0 Å². The molecular weight excluding hydrogens is 330 g/mol. The summed E-state index contributed by atoms with van der Waals surface area (Å²) in [4.78, 5) is 32.2. The van der Waals surface area contributed by atoms with Gasteiger partial charge in [-0.3, -0.25) is 14.2 Å². The first-order valence-corrected chi connectivity index (χ1v) is 10.1. The van der Waals surface area contributed by atoms with E-state index in [1.54, 1.807) is 23.4 Å². The molecule has 1 saturated heterocycles. The minimum Gasteiger partial charge on any atom is -0.342 e. The molecule has 1 aromatic heterocycles. The highest BCUT2D eigenvalue weighted by Gasteiger charge is 2.26. The molecule has 1 atom stereocenters. The third-order valence-electron chi connectivity index (χ3n) is 4.36. The van der Waals surface area contributed by atoms with Gasteiger partial charge < -0.3 is 4.90 Å². The van der Waals surface area contributed by atoms with Crippen molar-refractivity contribution >= 4 is 29.4 Å². The smallest absolute Gasteiger partial charge is 0.267 e. The average molecular weight is 354 g/mol. The Morgan fingerprint density at radius 2 is 2.00 bits per heavy atom. The quantitative estimate of drug-likeness (QED) is 0.616. The van der Waals surface area contributed by atoms with Gasteiger partial charge in [0.15, 0.2) is 5.16 Å². The zero-order valence-corrected chi connectivity index (χ0v) is 15.3. The third-order valence-corrected chi connectivity index (χ3v) is 6.59. The van der Waals surface area contributed by atoms with Crippen LogP contribution >= 0.6 is 23.5 Å². The van der Waals surface area contributed by atoms with Crippen molar-refractivity contribution < 1.29 is 4.79 Å². The topological polar surface area (TPSA) is 55.2 Å². The van der Waals surface area contributed by atoms with Crippen molar-refractivity contribution in [2.45, 2.75) is 54.3 Å². The lowest BCUT2D eigenvalue weighted by molar-refractivity contribution is -0.128. The van der Waals surface area contributed by atoms with Crippen LogP contribution in [-0.2, 0) is 18.3 Å². The predicted molar refractivity (Wildman–Crippen MR) is 94.3 cm³/mol. The van der Waals surface area contributed by atoms with Crippen LogP contribution in [0.15, 0.2) is 14.8 Å². The molecule has 2 aliphatic rings. The summed E-state index contributed by atoms with van der Waals surface area (Å²) >= 11 is 3.00. The number of carbonyl (C=O) groups is 1. The molecule has 5 nitrogen and oxygen atoms in total. The number of hydrogen-bond donors (Lipinski definition) is 0. The highest BCUT2D eigenvalue weighted by atomic mass is 32.2. The Kier molecular flexibility index (Phi) is 5.36. The van der Waals surface area contributed by atoms with Gasteiger partial charge in [-0.25, -0.2) is 4.98 Å². The Balaban J connectivity index is 1.69. The van der Waals surface area contributed by atoms with Gasteiger partial charge >= 0.3 is 0 Å². The lowest BCUT2D eigenvalue weighted by Crippen LogP contribution is -2.33. The summed E-state index contributed by atoms with van der Waals surface area (Å²) in [7, 11) is 1.75. The maximum Gasteiger partial charge on any atom is 0.267 e. The van der Waals surface area contributed by atoms with E-state index in [2.05, 4.69) is 11.9 Å². The summed E-state index contributed by atoms with van der Waals surface area (Å²) in [6.45, 7) is 3.84. The molecule has 0 saturated carbocycles. The van der Waals surface area contributed by atoms with Crippen LogP contribution in [0.1, 0.15) is 38.3 Å². The highest BCUT2D eigenvalue weighted by molar-refractivity contribution is 8.00. The average Bonchev–Trinajstić information content (AvgIpc) is 2.75. The van der Waals surface area contributed by atoms with Gasteiger partial charge in [-0.2, -0.15) is 0 Å². The highest BCUT2D eigenvalue weighted by Crippen LogP contribution is 2.33. The number of thioether (sulfide) groups is 2. The number of fused-ring (bicyclic) bond motifs is 1. The maximum atomic E-state index is 12.4. The number of likely N-dealkylation sites (tertiary alicyclic amines) is 1. The standard InChI is InChI=1S/C16H23N3O2S2/c1-11-9-12-14(23-11)15(21)18(2)16(17-12)22-10-13(20)19-7-5-3-4-6-8-19/h11H,3-10H2,1-2H3/t11-/m0/s1. The second-order valence-corrected chi connectivity index (χ2v) is 8.64. The second kappa shape index (κ2) is 7.30. The van der Waals surface area contributed by atoms with Crippen molar-refractivity contribution in [1.29, 1.82) is 0 Å². The minimum atomic E-state index is 0.0223. The molecule has 0 aliphatic carbocycles. The molecule has 0 unspecified atom stereocenters.